The van der Waals surface area contributed by atoms with Crippen molar-refractivity contribution in [1.82, 2.24) is 4.90 Å². The molecule has 114 valence electrons. The lowest BCUT2D eigenvalue weighted by Gasteiger charge is -2.33. The molecule has 1 fully saturated rings. The number of aliphatic carboxylic acids is 1. The largest absolute Gasteiger partial charge is 0.486 e. The van der Waals surface area contributed by atoms with Crippen molar-refractivity contribution in [2.45, 2.75) is 12.6 Å². The number of fused-ring (bicyclic) bond motifs is 1. The summed E-state index contributed by atoms with van der Waals surface area (Å²) in [5.74, 6) is -0.950. The average molecular weight is 297 g/mol. The normalized spacial score (nSPS) is 22.0. The summed E-state index contributed by atoms with van der Waals surface area (Å²) >= 11 is 0. The first-order valence-electron chi connectivity index (χ1n) is 6.78. The van der Waals surface area contributed by atoms with Crippen LogP contribution in [0.5, 0.6) is 11.5 Å². The molecule has 2 aliphatic heterocycles. The third-order valence-corrected chi connectivity index (χ3v) is 3.63. The van der Waals surface area contributed by atoms with Gasteiger partial charge in [0.2, 0.25) is 0 Å². The van der Waals surface area contributed by atoms with Crippen LogP contribution in [-0.2, 0) is 16.1 Å². The zero-order valence-corrected chi connectivity index (χ0v) is 11.4. The Morgan fingerprint density at radius 1 is 1.33 bits per heavy atom. The third-order valence-electron chi connectivity index (χ3n) is 3.63. The van der Waals surface area contributed by atoms with Crippen LogP contribution >= 0.6 is 0 Å². The first kappa shape index (κ1) is 14.1. The van der Waals surface area contributed by atoms with Gasteiger partial charge in [0, 0.05) is 18.7 Å². The number of halogens is 1. The summed E-state index contributed by atoms with van der Waals surface area (Å²) in [6.45, 7) is 1.91. The Hall–Kier alpha value is -1.86. The fourth-order valence-corrected chi connectivity index (χ4v) is 2.52. The minimum absolute atomic E-state index is 0.110. The van der Waals surface area contributed by atoms with Crippen LogP contribution in [-0.4, -0.2) is 55.0 Å². The van der Waals surface area contributed by atoms with Crippen LogP contribution in [0.2, 0.25) is 0 Å². The number of rotatable bonds is 3. The zero-order valence-electron chi connectivity index (χ0n) is 11.4. The summed E-state index contributed by atoms with van der Waals surface area (Å²) in [4.78, 5) is 12.9. The molecule has 0 spiro atoms. The van der Waals surface area contributed by atoms with E-state index in [1.807, 2.05) is 0 Å². The fraction of sp³-hybridized carbons (Fsp3) is 0.500. The highest BCUT2D eigenvalue weighted by Gasteiger charge is 2.30. The highest BCUT2D eigenvalue weighted by Crippen LogP contribution is 2.35. The van der Waals surface area contributed by atoms with Gasteiger partial charge in [0.15, 0.2) is 17.3 Å². The molecular formula is C14H16FNO5. The molecule has 21 heavy (non-hydrogen) atoms. The van der Waals surface area contributed by atoms with Crippen LogP contribution in [0.15, 0.2) is 12.1 Å². The van der Waals surface area contributed by atoms with Gasteiger partial charge in [-0.05, 0) is 6.07 Å². The van der Waals surface area contributed by atoms with Crippen LogP contribution in [0.25, 0.3) is 0 Å². The first-order chi connectivity index (χ1) is 10.2. The van der Waals surface area contributed by atoms with E-state index in [9.17, 15) is 14.3 Å². The van der Waals surface area contributed by atoms with Crippen molar-refractivity contribution in [3.05, 3.63) is 23.5 Å². The van der Waals surface area contributed by atoms with Crippen molar-refractivity contribution in [3.63, 3.8) is 0 Å². The summed E-state index contributed by atoms with van der Waals surface area (Å²) in [5.41, 5.74) is 0.396. The molecule has 1 atom stereocenters. The van der Waals surface area contributed by atoms with Crippen molar-refractivity contribution in [3.8, 4) is 11.5 Å². The predicted octanol–water partition coefficient (Wildman–Crippen LogP) is 0.882. The number of morpholine rings is 1. The van der Waals surface area contributed by atoms with Gasteiger partial charge in [0.05, 0.1) is 13.2 Å². The lowest BCUT2D eigenvalue weighted by Crippen LogP contribution is -2.49. The minimum Gasteiger partial charge on any atom is -0.486 e. The third kappa shape index (κ3) is 2.79. The molecule has 7 heteroatoms. The van der Waals surface area contributed by atoms with Crippen LogP contribution in [0.3, 0.4) is 0 Å². The molecule has 1 saturated heterocycles. The number of hydrogen-bond acceptors (Lipinski definition) is 5. The van der Waals surface area contributed by atoms with Gasteiger partial charge in [-0.2, -0.15) is 0 Å². The molecule has 3 rings (SSSR count). The second kappa shape index (κ2) is 5.87. The summed E-state index contributed by atoms with van der Waals surface area (Å²) in [6.07, 6.45) is 0. The predicted molar refractivity (Wildman–Crippen MR) is 70.0 cm³/mol. The molecule has 0 aliphatic carbocycles. The maximum absolute atomic E-state index is 14.4. The molecule has 0 amide bonds. The second-order valence-corrected chi connectivity index (χ2v) is 4.96. The lowest BCUT2D eigenvalue weighted by molar-refractivity contribution is -0.150. The number of carbonyl (C=O) groups is 1. The summed E-state index contributed by atoms with van der Waals surface area (Å²) < 4.78 is 30.2. The molecule has 2 heterocycles. The van der Waals surface area contributed by atoms with Gasteiger partial charge in [0.1, 0.15) is 19.3 Å². The van der Waals surface area contributed by atoms with E-state index in [-0.39, 0.29) is 18.9 Å². The number of carboxylic acid groups (broad SMARTS) is 1. The van der Waals surface area contributed by atoms with Crippen molar-refractivity contribution in [1.29, 1.82) is 0 Å². The SMILES string of the molecule is O=C(O)C1COCCN1Cc1ccc2c(c1F)OCCO2. The molecule has 0 radical (unpaired) electrons. The molecular weight excluding hydrogens is 281 g/mol. The molecule has 2 aliphatic rings. The maximum atomic E-state index is 14.4. The highest BCUT2D eigenvalue weighted by molar-refractivity contribution is 5.73. The van der Waals surface area contributed by atoms with E-state index in [2.05, 4.69) is 0 Å². The van der Waals surface area contributed by atoms with E-state index < -0.39 is 17.8 Å². The van der Waals surface area contributed by atoms with Gasteiger partial charge < -0.3 is 19.3 Å². The molecule has 6 nitrogen and oxygen atoms in total. The summed E-state index contributed by atoms with van der Waals surface area (Å²) in [5, 5.41) is 9.19. The van der Waals surface area contributed by atoms with Gasteiger partial charge in [-0.1, -0.05) is 6.07 Å². The summed E-state index contributed by atoms with van der Waals surface area (Å²) in [6, 6.07) is 2.51. The summed E-state index contributed by atoms with van der Waals surface area (Å²) in [7, 11) is 0. The Kier molecular flexibility index (Phi) is 3.94. The number of carboxylic acids is 1. The number of hydrogen-bond donors (Lipinski definition) is 1. The molecule has 1 N–H and O–H groups in total. The Bertz CT molecular complexity index is 550. The van der Waals surface area contributed by atoms with Gasteiger partial charge >= 0.3 is 5.97 Å². The first-order valence-corrected chi connectivity index (χ1v) is 6.78. The van der Waals surface area contributed by atoms with E-state index in [0.29, 0.717) is 37.7 Å². The Morgan fingerprint density at radius 3 is 2.95 bits per heavy atom. The van der Waals surface area contributed by atoms with Crippen molar-refractivity contribution < 1.29 is 28.5 Å². The Labute approximate surface area is 121 Å². The second-order valence-electron chi connectivity index (χ2n) is 4.96. The number of ether oxygens (including phenoxy) is 3. The van der Waals surface area contributed by atoms with Crippen molar-refractivity contribution in [2.24, 2.45) is 0 Å². The molecule has 1 unspecified atom stereocenters. The Morgan fingerprint density at radius 2 is 2.14 bits per heavy atom. The monoisotopic (exact) mass is 297 g/mol. The number of nitrogens with zero attached hydrogens (tertiary/aromatic N) is 1. The fourth-order valence-electron chi connectivity index (χ4n) is 2.52. The standard InChI is InChI=1S/C14H16FNO5/c15-12-9(1-2-11-13(12)21-6-5-20-11)7-16-3-4-19-8-10(16)14(17)18/h1-2,10H,3-8H2,(H,17,18). The topological polar surface area (TPSA) is 68.2 Å². The van der Waals surface area contributed by atoms with Crippen molar-refractivity contribution in [2.75, 3.05) is 33.0 Å². The van der Waals surface area contributed by atoms with Gasteiger partial charge in [-0.15, -0.1) is 0 Å². The molecule has 0 bridgehead atoms. The van der Waals surface area contributed by atoms with Gasteiger partial charge in [-0.3, -0.25) is 9.69 Å². The molecule has 0 aromatic heterocycles. The Balaban J connectivity index is 1.82. The van der Waals surface area contributed by atoms with Crippen LogP contribution < -0.4 is 9.47 Å². The van der Waals surface area contributed by atoms with Crippen LogP contribution in [0, 0.1) is 5.82 Å². The van der Waals surface area contributed by atoms with E-state index in [4.69, 9.17) is 14.2 Å². The number of benzene rings is 1. The van der Waals surface area contributed by atoms with E-state index in [1.54, 1.807) is 17.0 Å². The van der Waals surface area contributed by atoms with Gasteiger partial charge in [0.25, 0.3) is 0 Å². The van der Waals surface area contributed by atoms with Gasteiger partial charge in [-0.25, -0.2) is 4.39 Å². The average Bonchev–Trinajstić information content (AvgIpc) is 2.51. The van der Waals surface area contributed by atoms with Crippen LogP contribution in [0.4, 0.5) is 4.39 Å². The van der Waals surface area contributed by atoms with Crippen LogP contribution in [0.1, 0.15) is 5.56 Å². The van der Waals surface area contributed by atoms with E-state index in [0.717, 1.165) is 0 Å². The maximum Gasteiger partial charge on any atom is 0.323 e. The lowest BCUT2D eigenvalue weighted by atomic mass is 10.1. The minimum atomic E-state index is -0.965. The van der Waals surface area contributed by atoms with Crippen molar-refractivity contribution >= 4 is 5.97 Å². The highest BCUT2D eigenvalue weighted by atomic mass is 19.1. The smallest absolute Gasteiger partial charge is 0.323 e. The quantitative estimate of drug-likeness (QED) is 0.893. The van der Waals surface area contributed by atoms with E-state index in [1.165, 1.54) is 0 Å². The molecule has 0 saturated carbocycles. The molecule has 1 aromatic rings. The van der Waals surface area contributed by atoms with E-state index >= 15 is 0 Å². The molecule has 1 aromatic carbocycles. The zero-order chi connectivity index (χ0) is 14.8.